The van der Waals surface area contributed by atoms with Gasteiger partial charge in [0.05, 0.1) is 17.3 Å². The topological polar surface area (TPSA) is 31.0 Å². The Labute approximate surface area is 131 Å². The van der Waals surface area contributed by atoms with Crippen LogP contribution in [-0.4, -0.2) is 9.55 Å². The van der Waals surface area contributed by atoms with Crippen molar-refractivity contribution < 1.29 is 4.42 Å². The first-order valence-corrected chi connectivity index (χ1v) is 8.41. The van der Waals surface area contributed by atoms with Gasteiger partial charge in [-0.15, -0.1) is 0 Å². The first kappa shape index (κ1) is 13.6. The predicted molar refractivity (Wildman–Crippen MR) is 88.6 cm³/mol. The lowest BCUT2D eigenvalue weighted by Gasteiger charge is -2.22. The lowest BCUT2D eigenvalue weighted by atomic mass is 9.87. The third kappa shape index (κ3) is 2.56. The van der Waals surface area contributed by atoms with Gasteiger partial charge in [-0.25, -0.2) is 4.98 Å². The third-order valence-electron chi connectivity index (χ3n) is 4.88. The molecule has 1 aliphatic carbocycles. The highest BCUT2D eigenvalue weighted by Gasteiger charge is 2.17. The Hall–Kier alpha value is -2.03. The Morgan fingerprint density at radius 3 is 2.73 bits per heavy atom. The molecule has 0 aliphatic heterocycles. The van der Waals surface area contributed by atoms with Crippen LogP contribution in [0.3, 0.4) is 0 Å². The van der Waals surface area contributed by atoms with E-state index in [4.69, 9.17) is 9.40 Å². The molecule has 0 radical (unpaired) electrons. The van der Waals surface area contributed by atoms with Crippen LogP contribution in [0, 0.1) is 5.92 Å². The second-order valence-electron chi connectivity index (χ2n) is 6.35. The van der Waals surface area contributed by atoms with E-state index in [-0.39, 0.29) is 0 Å². The SMILES string of the molecule is c1coc(-c2nc3ccccc3n2CCC2CCCCC2)c1. The average Bonchev–Trinajstić information content (AvgIpc) is 3.21. The van der Waals surface area contributed by atoms with Gasteiger partial charge in [0.15, 0.2) is 11.6 Å². The molecule has 2 heterocycles. The fourth-order valence-corrected chi connectivity index (χ4v) is 3.68. The van der Waals surface area contributed by atoms with Crippen molar-refractivity contribution in [2.45, 2.75) is 45.1 Å². The number of aryl methyl sites for hydroxylation is 1. The van der Waals surface area contributed by atoms with Crippen LogP contribution in [0.2, 0.25) is 0 Å². The van der Waals surface area contributed by atoms with Crippen molar-refractivity contribution in [3.05, 3.63) is 42.7 Å². The van der Waals surface area contributed by atoms with E-state index in [1.807, 2.05) is 18.2 Å². The van der Waals surface area contributed by atoms with Gasteiger partial charge in [-0.05, 0) is 36.6 Å². The maximum Gasteiger partial charge on any atom is 0.177 e. The molecular weight excluding hydrogens is 272 g/mol. The van der Waals surface area contributed by atoms with Crippen LogP contribution in [0.5, 0.6) is 0 Å². The molecule has 1 aliphatic rings. The number of aromatic nitrogens is 2. The summed E-state index contributed by atoms with van der Waals surface area (Å²) in [6, 6.07) is 12.3. The maximum atomic E-state index is 5.60. The molecule has 2 aromatic heterocycles. The normalized spacial score (nSPS) is 16.4. The van der Waals surface area contributed by atoms with Gasteiger partial charge in [0.25, 0.3) is 0 Å². The number of para-hydroxylation sites is 2. The minimum absolute atomic E-state index is 0.861. The minimum atomic E-state index is 0.861. The van der Waals surface area contributed by atoms with Crippen LogP contribution in [0.1, 0.15) is 38.5 Å². The summed E-state index contributed by atoms with van der Waals surface area (Å²) < 4.78 is 7.93. The predicted octanol–water partition coefficient (Wildman–Crippen LogP) is 5.27. The van der Waals surface area contributed by atoms with Gasteiger partial charge < -0.3 is 8.98 Å². The number of hydrogen-bond donors (Lipinski definition) is 0. The van der Waals surface area contributed by atoms with Gasteiger partial charge in [0, 0.05) is 6.54 Å². The minimum Gasteiger partial charge on any atom is -0.461 e. The molecule has 0 bridgehead atoms. The van der Waals surface area contributed by atoms with Gasteiger partial charge in [-0.3, -0.25) is 0 Å². The number of benzene rings is 1. The van der Waals surface area contributed by atoms with Crippen LogP contribution in [0.4, 0.5) is 0 Å². The first-order valence-electron chi connectivity index (χ1n) is 8.41. The fourth-order valence-electron chi connectivity index (χ4n) is 3.68. The fraction of sp³-hybridized carbons (Fsp3) is 0.421. The molecule has 0 N–H and O–H groups in total. The molecule has 1 fully saturated rings. The van der Waals surface area contributed by atoms with Crippen LogP contribution in [-0.2, 0) is 6.54 Å². The van der Waals surface area contributed by atoms with E-state index in [0.29, 0.717) is 0 Å². The van der Waals surface area contributed by atoms with E-state index in [0.717, 1.165) is 29.6 Å². The van der Waals surface area contributed by atoms with Crippen molar-refractivity contribution in [2.75, 3.05) is 0 Å². The molecule has 114 valence electrons. The second kappa shape index (κ2) is 5.99. The van der Waals surface area contributed by atoms with Crippen LogP contribution in [0.15, 0.2) is 47.1 Å². The smallest absolute Gasteiger partial charge is 0.177 e. The molecule has 1 aromatic carbocycles. The van der Waals surface area contributed by atoms with Gasteiger partial charge in [0.2, 0.25) is 0 Å². The van der Waals surface area contributed by atoms with Gasteiger partial charge in [0.1, 0.15) is 0 Å². The summed E-state index contributed by atoms with van der Waals surface area (Å²) in [7, 11) is 0. The second-order valence-corrected chi connectivity index (χ2v) is 6.35. The molecule has 22 heavy (non-hydrogen) atoms. The van der Waals surface area contributed by atoms with E-state index in [1.54, 1.807) is 6.26 Å². The molecule has 3 aromatic rings. The summed E-state index contributed by atoms with van der Waals surface area (Å²) in [6.07, 6.45) is 9.97. The molecule has 0 amide bonds. The number of fused-ring (bicyclic) bond motifs is 1. The third-order valence-corrected chi connectivity index (χ3v) is 4.88. The molecule has 0 unspecified atom stereocenters. The van der Waals surface area contributed by atoms with Crippen molar-refractivity contribution in [3.8, 4) is 11.6 Å². The van der Waals surface area contributed by atoms with Gasteiger partial charge >= 0.3 is 0 Å². The van der Waals surface area contributed by atoms with Crippen LogP contribution in [0.25, 0.3) is 22.6 Å². The largest absolute Gasteiger partial charge is 0.461 e. The highest BCUT2D eigenvalue weighted by Crippen LogP contribution is 2.30. The molecule has 3 nitrogen and oxygen atoms in total. The number of rotatable bonds is 4. The summed E-state index contributed by atoms with van der Waals surface area (Å²) in [6.45, 7) is 1.03. The van der Waals surface area contributed by atoms with E-state index in [9.17, 15) is 0 Å². The molecule has 0 spiro atoms. The number of hydrogen-bond acceptors (Lipinski definition) is 2. The monoisotopic (exact) mass is 294 g/mol. The Balaban J connectivity index is 1.66. The van der Waals surface area contributed by atoms with Crippen molar-refractivity contribution in [1.29, 1.82) is 0 Å². The quantitative estimate of drug-likeness (QED) is 0.656. The first-order chi connectivity index (χ1) is 10.9. The van der Waals surface area contributed by atoms with Gasteiger partial charge in [-0.1, -0.05) is 44.2 Å². The summed E-state index contributed by atoms with van der Waals surface area (Å²) in [5, 5.41) is 0. The highest BCUT2D eigenvalue weighted by molar-refractivity contribution is 5.79. The Morgan fingerprint density at radius 1 is 1.05 bits per heavy atom. The lowest BCUT2D eigenvalue weighted by Crippen LogP contribution is -2.10. The van der Waals surface area contributed by atoms with Crippen molar-refractivity contribution >= 4 is 11.0 Å². The summed E-state index contributed by atoms with van der Waals surface area (Å²) in [4.78, 5) is 4.79. The summed E-state index contributed by atoms with van der Waals surface area (Å²) >= 11 is 0. The van der Waals surface area contributed by atoms with E-state index in [2.05, 4.69) is 22.8 Å². The van der Waals surface area contributed by atoms with Crippen LogP contribution >= 0.6 is 0 Å². The van der Waals surface area contributed by atoms with Crippen molar-refractivity contribution in [1.82, 2.24) is 9.55 Å². The standard InChI is InChI=1S/C19H22N2O/c1-2-7-15(8-3-1)12-13-21-17-10-5-4-9-16(17)20-19(21)18-11-6-14-22-18/h4-6,9-11,14-15H,1-3,7-8,12-13H2. The molecule has 1 saturated carbocycles. The van der Waals surface area contributed by atoms with Crippen molar-refractivity contribution in [2.24, 2.45) is 5.92 Å². The molecular formula is C19H22N2O. The van der Waals surface area contributed by atoms with E-state index < -0.39 is 0 Å². The lowest BCUT2D eigenvalue weighted by molar-refractivity contribution is 0.325. The molecule has 0 atom stereocenters. The summed E-state index contributed by atoms with van der Waals surface area (Å²) in [5.74, 6) is 2.70. The molecule has 0 saturated heterocycles. The van der Waals surface area contributed by atoms with Crippen molar-refractivity contribution in [3.63, 3.8) is 0 Å². The summed E-state index contributed by atoms with van der Waals surface area (Å²) in [5.41, 5.74) is 2.27. The van der Waals surface area contributed by atoms with Crippen LogP contribution < -0.4 is 0 Å². The number of nitrogens with zero attached hydrogens (tertiary/aromatic N) is 2. The Morgan fingerprint density at radius 2 is 1.91 bits per heavy atom. The number of furan rings is 1. The van der Waals surface area contributed by atoms with Gasteiger partial charge in [-0.2, -0.15) is 0 Å². The molecule has 3 heteroatoms. The molecule has 4 rings (SSSR count). The number of imidazole rings is 1. The van der Waals surface area contributed by atoms with E-state index in [1.165, 1.54) is 44.0 Å². The highest BCUT2D eigenvalue weighted by atomic mass is 16.3. The van der Waals surface area contributed by atoms with E-state index >= 15 is 0 Å². The maximum absolute atomic E-state index is 5.60. The zero-order valence-corrected chi connectivity index (χ0v) is 12.9. The zero-order chi connectivity index (χ0) is 14.8. The Kier molecular flexibility index (Phi) is 3.71. The zero-order valence-electron chi connectivity index (χ0n) is 12.9. The average molecular weight is 294 g/mol. The Bertz CT molecular complexity index is 736.